The minimum atomic E-state index is -0.127. The molecule has 0 aliphatic rings. The summed E-state index contributed by atoms with van der Waals surface area (Å²) in [6, 6.07) is 9.09. The van der Waals surface area contributed by atoms with Gasteiger partial charge in [-0.2, -0.15) is 0 Å². The number of hydrogen-bond donors (Lipinski definition) is 2. The van der Waals surface area contributed by atoms with Gasteiger partial charge in [-0.1, -0.05) is 50.2 Å². The average molecular weight is 282 g/mol. The molecule has 0 saturated carbocycles. The number of thiocarbonyl (C=S) groups is 1. The molecule has 0 radical (unpaired) electrons. The Morgan fingerprint density at radius 1 is 1.28 bits per heavy atom. The zero-order valence-corrected chi connectivity index (χ0v) is 12.1. The fourth-order valence-electron chi connectivity index (χ4n) is 1.34. The first-order chi connectivity index (χ1) is 8.74. The molecular weight excluding hydrogens is 264 g/mol. The summed E-state index contributed by atoms with van der Waals surface area (Å²) in [5, 5.41) is 3.10. The Kier molecular flexibility index (Phi) is 7.44. The first-order valence-corrected chi connectivity index (χ1v) is 7.26. The Morgan fingerprint density at radius 3 is 2.67 bits per heavy atom. The number of carbonyl (C=O) groups excluding carboxylic acids is 1. The number of rotatable bonds is 5. The fraction of sp³-hybridized carbons (Fsp3) is 0.385. The van der Waals surface area contributed by atoms with Crippen LogP contribution in [0.25, 0.3) is 0 Å². The van der Waals surface area contributed by atoms with Crippen LogP contribution in [0.15, 0.2) is 30.3 Å². The molecule has 1 rings (SSSR count). The van der Waals surface area contributed by atoms with Crippen LogP contribution in [0.4, 0.5) is 0 Å². The summed E-state index contributed by atoms with van der Waals surface area (Å²) < 4.78 is 3.32. The fourth-order valence-corrected chi connectivity index (χ4v) is 2.05. The smallest absolute Gasteiger partial charge is 0.261 e. The van der Waals surface area contributed by atoms with Gasteiger partial charge in [-0.05, 0) is 18.6 Å². The van der Waals surface area contributed by atoms with Crippen molar-refractivity contribution in [3.05, 3.63) is 35.9 Å². The van der Waals surface area contributed by atoms with Crippen LogP contribution in [-0.2, 0) is 0 Å². The molecule has 1 aromatic carbocycles. The molecule has 0 aliphatic heterocycles. The van der Waals surface area contributed by atoms with E-state index in [-0.39, 0.29) is 5.91 Å². The van der Waals surface area contributed by atoms with E-state index in [0.717, 1.165) is 24.9 Å². The predicted molar refractivity (Wildman–Crippen MR) is 81.6 cm³/mol. The van der Waals surface area contributed by atoms with Crippen LogP contribution in [0.1, 0.15) is 36.5 Å². The van der Waals surface area contributed by atoms with E-state index in [1.54, 1.807) is 12.1 Å². The molecule has 3 nitrogen and oxygen atoms in total. The molecule has 0 unspecified atom stereocenters. The summed E-state index contributed by atoms with van der Waals surface area (Å²) in [6.45, 7) is 3.02. The molecule has 0 bridgehead atoms. The molecule has 18 heavy (non-hydrogen) atoms. The molecule has 0 atom stereocenters. The third kappa shape index (κ3) is 6.02. The lowest BCUT2D eigenvalue weighted by molar-refractivity contribution is 0.0984. The molecule has 1 aromatic rings. The Balaban J connectivity index is 2.20. The highest BCUT2D eigenvalue weighted by molar-refractivity contribution is 8.22. The van der Waals surface area contributed by atoms with Gasteiger partial charge in [0.2, 0.25) is 0 Å². The molecule has 1 amide bonds. The van der Waals surface area contributed by atoms with Crippen molar-refractivity contribution in [2.45, 2.75) is 26.2 Å². The quantitative estimate of drug-likeness (QED) is 0.494. The van der Waals surface area contributed by atoms with E-state index in [4.69, 9.17) is 12.2 Å². The Hall–Kier alpha value is -1.07. The lowest BCUT2D eigenvalue weighted by Gasteiger charge is -2.07. The lowest BCUT2D eigenvalue weighted by atomic mass is 10.2. The van der Waals surface area contributed by atoms with Crippen molar-refractivity contribution in [2.75, 3.05) is 6.54 Å². The second-order valence-corrected chi connectivity index (χ2v) is 5.30. The number of unbranched alkanes of at least 4 members (excludes halogenated alkanes) is 2. The topological polar surface area (TPSA) is 41.1 Å². The van der Waals surface area contributed by atoms with Crippen molar-refractivity contribution in [2.24, 2.45) is 0 Å². The minimum Gasteiger partial charge on any atom is -0.370 e. The maximum Gasteiger partial charge on any atom is 0.261 e. The third-order valence-electron chi connectivity index (χ3n) is 2.32. The largest absolute Gasteiger partial charge is 0.370 e. The van der Waals surface area contributed by atoms with Crippen LogP contribution in [0.5, 0.6) is 0 Å². The number of benzene rings is 1. The van der Waals surface area contributed by atoms with Crippen LogP contribution in [0.3, 0.4) is 0 Å². The van der Waals surface area contributed by atoms with E-state index in [1.165, 1.54) is 12.8 Å². The number of nitrogens with one attached hydrogen (secondary N) is 2. The normalized spacial score (nSPS) is 9.83. The van der Waals surface area contributed by atoms with Gasteiger partial charge in [0.05, 0.1) is 0 Å². The van der Waals surface area contributed by atoms with Crippen LogP contribution < -0.4 is 10.0 Å². The van der Waals surface area contributed by atoms with Crippen molar-refractivity contribution in [1.29, 1.82) is 0 Å². The molecular formula is C13H18N2OS2. The Bertz CT molecular complexity index is 382. The zero-order chi connectivity index (χ0) is 13.2. The second kappa shape index (κ2) is 8.94. The average Bonchev–Trinajstić information content (AvgIpc) is 2.42. The molecule has 98 valence electrons. The minimum absolute atomic E-state index is 0.127. The first-order valence-electron chi connectivity index (χ1n) is 6.04. The molecule has 0 spiro atoms. The van der Waals surface area contributed by atoms with Gasteiger partial charge in [0.1, 0.15) is 0 Å². The Labute approximate surface area is 118 Å². The summed E-state index contributed by atoms with van der Waals surface area (Å²) in [5.41, 5.74) is 0.638. The van der Waals surface area contributed by atoms with Gasteiger partial charge < -0.3 is 5.32 Å². The van der Waals surface area contributed by atoms with Gasteiger partial charge in [-0.15, -0.1) is 0 Å². The highest BCUT2D eigenvalue weighted by Gasteiger charge is 2.05. The molecule has 0 aliphatic carbocycles. The van der Waals surface area contributed by atoms with E-state index in [2.05, 4.69) is 17.0 Å². The standard InChI is InChI=1S/C13H18N2OS2/c1-2-3-7-10-14-13(17)18-15-12(16)11-8-5-4-6-9-11/h4-6,8-9H,2-3,7,10H2,1H3,(H,14,17)(H,15,16). The lowest BCUT2D eigenvalue weighted by Crippen LogP contribution is -2.25. The molecule has 0 fully saturated rings. The molecule has 2 N–H and O–H groups in total. The monoisotopic (exact) mass is 282 g/mol. The zero-order valence-electron chi connectivity index (χ0n) is 10.4. The molecule has 0 saturated heterocycles. The van der Waals surface area contributed by atoms with Crippen molar-refractivity contribution >= 4 is 34.4 Å². The van der Waals surface area contributed by atoms with Crippen LogP contribution in [0.2, 0.25) is 0 Å². The molecule has 0 aromatic heterocycles. The van der Waals surface area contributed by atoms with Gasteiger partial charge in [0.25, 0.3) is 5.91 Å². The van der Waals surface area contributed by atoms with Crippen molar-refractivity contribution in [3.63, 3.8) is 0 Å². The number of amides is 1. The van der Waals surface area contributed by atoms with E-state index in [0.29, 0.717) is 9.88 Å². The number of carbonyl (C=O) groups is 1. The Morgan fingerprint density at radius 2 is 2.00 bits per heavy atom. The van der Waals surface area contributed by atoms with E-state index in [9.17, 15) is 4.79 Å². The summed E-state index contributed by atoms with van der Waals surface area (Å²) in [4.78, 5) is 11.7. The van der Waals surface area contributed by atoms with Gasteiger partial charge in [-0.3, -0.25) is 9.52 Å². The summed E-state index contributed by atoms with van der Waals surface area (Å²) in [6.07, 6.45) is 3.48. The SMILES string of the molecule is CCCCCNC(=S)SNC(=O)c1ccccc1. The van der Waals surface area contributed by atoms with Gasteiger partial charge in [0.15, 0.2) is 4.32 Å². The molecule has 0 heterocycles. The van der Waals surface area contributed by atoms with Crippen molar-refractivity contribution in [3.8, 4) is 0 Å². The summed E-state index contributed by atoms with van der Waals surface area (Å²) >= 11 is 6.27. The third-order valence-corrected chi connectivity index (χ3v) is 3.33. The summed E-state index contributed by atoms with van der Waals surface area (Å²) in [5.74, 6) is -0.127. The van der Waals surface area contributed by atoms with Crippen LogP contribution >= 0.6 is 24.2 Å². The van der Waals surface area contributed by atoms with Gasteiger partial charge in [0, 0.05) is 24.1 Å². The number of hydrogen-bond acceptors (Lipinski definition) is 3. The van der Waals surface area contributed by atoms with Crippen molar-refractivity contribution in [1.82, 2.24) is 10.0 Å². The summed E-state index contributed by atoms with van der Waals surface area (Å²) in [7, 11) is 0. The second-order valence-electron chi connectivity index (χ2n) is 3.82. The van der Waals surface area contributed by atoms with Crippen LogP contribution in [-0.4, -0.2) is 16.8 Å². The molecule has 5 heteroatoms. The highest BCUT2D eigenvalue weighted by Crippen LogP contribution is 2.03. The van der Waals surface area contributed by atoms with E-state index in [1.807, 2.05) is 18.2 Å². The van der Waals surface area contributed by atoms with E-state index < -0.39 is 0 Å². The van der Waals surface area contributed by atoms with Gasteiger partial charge >= 0.3 is 0 Å². The predicted octanol–water partition coefficient (Wildman–Crippen LogP) is 3.13. The van der Waals surface area contributed by atoms with Crippen molar-refractivity contribution < 1.29 is 4.79 Å². The first kappa shape index (κ1) is 15.0. The van der Waals surface area contributed by atoms with Crippen LogP contribution in [0, 0.1) is 0 Å². The maximum atomic E-state index is 11.7. The van der Waals surface area contributed by atoms with Gasteiger partial charge in [-0.25, -0.2) is 0 Å². The highest BCUT2D eigenvalue weighted by atomic mass is 32.2. The van der Waals surface area contributed by atoms with E-state index >= 15 is 0 Å². The maximum absolute atomic E-state index is 11.7.